The van der Waals surface area contributed by atoms with E-state index in [2.05, 4.69) is 10.4 Å². The van der Waals surface area contributed by atoms with Crippen molar-refractivity contribution in [1.29, 1.82) is 0 Å². The molecule has 0 atom stereocenters. The highest BCUT2D eigenvalue weighted by Gasteiger charge is 2.27. The van der Waals surface area contributed by atoms with Gasteiger partial charge in [0.2, 0.25) is 0 Å². The summed E-state index contributed by atoms with van der Waals surface area (Å²) in [5.41, 5.74) is 2.86. The number of nitrogens with zero attached hydrogens (tertiary/aromatic N) is 2. The molecule has 1 heterocycles. The monoisotopic (exact) mass is 367 g/mol. The van der Waals surface area contributed by atoms with Crippen LogP contribution in [0.25, 0.3) is 5.69 Å². The summed E-state index contributed by atoms with van der Waals surface area (Å²) in [6.07, 6.45) is 2.39. The minimum atomic E-state index is -0.959. The molecule has 1 aliphatic carbocycles. The van der Waals surface area contributed by atoms with Crippen molar-refractivity contribution < 1.29 is 14.7 Å². The summed E-state index contributed by atoms with van der Waals surface area (Å²) >= 11 is 12.2. The lowest BCUT2D eigenvalue weighted by atomic mass is 10.2. The average molecular weight is 368 g/mol. The van der Waals surface area contributed by atoms with Gasteiger partial charge in [-0.05, 0) is 37.5 Å². The number of carboxylic acids is 1. The van der Waals surface area contributed by atoms with Gasteiger partial charge < -0.3 is 10.4 Å². The molecule has 0 unspecified atom stereocenters. The molecule has 1 aromatic carbocycles. The van der Waals surface area contributed by atoms with Gasteiger partial charge in [-0.25, -0.2) is 4.68 Å². The Balaban J connectivity index is 1.93. The molecule has 1 aliphatic rings. The number of carboxylic acid groups (broad SMARTS) is 1. The van der Waals surface area contributed by atoms with Gasteiger partial charge in [-0.2, -0.15) is 5.10 Å². The molecular weight excluding hydrogens is 353 g/mol. The molecule has 0 saturated heterocycles. The van der Waals surface area contributed by atoms with Crippen LogP contribution >= 0.6 is 23.2 Å². The maximum atomic E-state index is 12.3. The Bertz CT molecular complexity index is 817. The molecule has 24 heavy (non-hydrogen) atoms. The van der Waals surface area contributed by atoms with Crippen LogP contribution in [0.15, 0.2) is 18.2 Å². The van der Waals surface area contributed by atoms with Crippen molar-refractivity contribution in [3.63, 3.8) is 0 Å². The molecule has 2 N–H and O–H groups in total. The van der Waals surface area contributed by atoms with Crippen LogP contribution in [-0.4, -0.2) is 33.3 Å². The first-order valence-electron chi connectivity index (χ1n) is 7.53. The zero-order valence-electron chi connectivity index (χ0n) is 12.7. The van der Waals surface area contributed by atoms with Gasteiger partial charge in [0.05, 0.1) is 17.1 Å². The number of amides is 1. The van der Waals surface area contributed by atoms with Crippen LogP contribution in [-0.2, 0) is 17.6 Å². The normalized spacial score (nSPS) is 12.9. The van der Waals surface area contributed by atoms with Crippen molar-refractivity contribution in [2.45, 2.75) is 25.7 Å². The number of nitrogens with one attached hydrogen (secondary N) is 1. The van der Waals surface area contributed by atoms with Crippen molar-refractivity contribution >= 4 is 35.1 Å². The fourth-order valence-corrected chi connectivity index (χ4v) is 3.33. The third-order valence-corrected chi connectivity index (χ3v) is 4.45. The second kappa shape index (κ2) is 6.83. The number of aromatic nitrogens is 2. The zero-order valence-corrected chi connectivity index (χ0v) is 14.2. The van der Waals surface area contributed by atoms with E-state index in [0.717, 1.165) is 30.5 Å². The van der Waals surface area contributed by atoms with Crippen molar-refractivity contribution in [2.75, 3.05) is 6.54 Å². The van der Waals surface area contributed by atoms with Gasteiger partial charge in [-0.15, -0.1) is 0 Å². The van der Waals surface area contributed by atoms with E-state index in [4.69, 9.17) is 28.3 Å². The molecular formula is C16H15Cl2N3O3. The van der Waals surface area contributed by atoms with Crippen LogP contribution in [0, 0.1) is 0 Å². The minimum absolute atomic E-state index is 0.0670. The number of benzene rings is 1. The lowest BCUT2D eigenvalue weighted by Gasteiger charge is -2.08. The highest BCUT2D eigenvalue weighted by Crippen LogP contribution is 2.31. The Hall–Kier alpha value is -2.05. The summed E-state index contributed by atoms with van der Waals surface area (Å²) in [6.45, 7) is 0.0670. The Morgan fingerprint density at radius 1 is 1.29 bits per heavy atom. The largest absolute Gasteiger partial charge is 0.481 e. The molecule has 0 radical (unpaired) electrons. The maximum absolute atomic E-state index is 12.3. The van der Waals surface area contributed by atoms with Crippen molar-refractivity contribution in [2.24, 2.45) is 0 Å². The average Bonchev–Trinajstić information content (AvgIpc) is 3.09. The van der Waals surface area contributed by atoms with E-state index in [1.165, 1.54) is 0 Å². The molecule has 0 saturated carbocycles. The molecule has 8 heteroatoms. The molecule has 6 nitrogen and oxygen atoms in total. The second-order valence-corrected chi connectivity index (χ2v) is 6.38. The summed E-state index contributed by atoms with van der Waals surface area (Å²) in [7, 11) is 0. The third-order valence-electron chi connectivity index (χ3n) is 3.91. The molecule has 1 aromatic heterocycles. The molecule has 0 spiro atoms. The van der Waals surface area contributed by atoms with Crippen LogP contribution in [0.4, 0.5) is 0 Å². The molecule has 1 amide bonds. The first-order valence-corrected chi connectivity index (χ1v) is 8.29. The maximum Gasteiger partial charge on any atom is 0.305 e. The quantitative estimate of drug-likeness (QED) is 0.850. The van der Waals surface area contributed by atoms with Crippen LogP contribution in [0.5, 0.6) is 0 Å². The number of hydrogen-bond acceptors (Lipinski definition) is 3. The van der Waals surface area contributed by atoms with Crippen molar-refractivity contribution in [3.05, 3.63) is 45.2 Å². The fourth-order valence-electron chi connectivity index (χ4n) is 2.84. The lowest BCUT2D eigenvalue weighted by Crippen LogP contribution is -2.27. The van der Waals surface area contributed by atoms with E-state index < -0.39 is 5.97 Å². The minimum Gasteiger partial charge on any atom is -0.481 e. The molecule has 0 fully saturated rings. The standard InChI is InChI=1S/C16H15Cl2N3O3/c17-9-4-5-13(11(18)8-9)21-12-3-1-2-10(12)15(20-21)16(24)19-7-6-14(22)23/h4-5,8H,1-3,6-7H2,(H,19,24)(H,22,23). The zero-order chi connectivity index (χ0) is 17.3. The Labute approximate surface area is 148 Å². The van der Waals surface area contributed by atoms with E-state index in [1.807, 2.05) is 0 Å². The number of carbonyl (C=O) groups excluding carboxylic acids is 1. The predicted molar refractivity (Wildman–Crippen MR) is 90.2 cm³/mol. The summed E-state index contributed by atoms with van der Waals surface area (Å²) in [5.74, 6) is -1.32. The fraction of sp³-hybridized carbons (Fsp3) is 0.312. The Morgan fingerprint density at radius 3 is 2.79 bits per heavy atom. The summed E-state index contributed by atoms with van der Waals surface area (Å²) < 4.78 is 1.69. The molecule has 0 aliphatic heterocycles. The second-order valence-electron chi connectivity index (χ2n) is 5.53. The van der Waals surface area contributed by atoms with E-state index >= 15 is 0 Å². The summed E-state index contributed by atoms with van der Waals surface area (Å²) in [6, 6.07) is 5.12. The molecule has 2 aromatic rings. The van der Waals surface area contributed by atoms with Crippen LogP contribution in [0.1, 0.15) is 34.6 Å². The van der Waals surface area contributed by atoms with Crippen LogP contribution in [0.3, 0.4) is 0 Å². The van der Waals surface area contributed by atoms with Crippen LogP contribution < -0.4 is 5.32 Å². The number of fused-ring (bicyclic) bond motifs is 1. The van der Waals surface area contributed by atoms with Gasteiger partial charge in [-0.1, -0.05) is 23.2 Å². The highest BCUT2D eigenvalue weighted by molar-refractivity contribution is 6.35. The van der Waals surface area contributed by atoms with Gasteiger partial charge in [0.1, 0.15) is 0 Å². The Kier molecular flexibility index (Phi) is 4.78. The third kappa shape index (κ3) is 3.25. The van der Waals surface area contributed by atoms with E-state index in [-0.39, 0.29) is 18.9 Å². The van der Waals surface area contributed by atoms with E-state index in [9.17, 15) is 9.59 Å². The SMILES string of the molecule is O=C(O)CCNC(=O)c1nn(-c2ccc(Cl)cc2Cl)c2c1CCC2. The van der Waals surface area contributed by atoms with Crippen LogP contribution in [0.2, 0.25) is 10.0 Å². The first kappa shape index (κ1) is 16.8. The van der Waals surface area contributed by atoms with Gasteiger partial charge >= 0.3 is 5.97 Å². The molecule has 126 valence electrons. The van der Waals surface area contributed by atoms with Gasteiger partial charge in [0.25, 0.3) is 5.91 Å². The number of halogens is 2. The van der Waals surface area contributed by atoms with Crippen molar-refractivity contribution in [1.82, 2.24) is 15.1 Å². The lowest BCUT2D eigenvalue weighted by molar-refractivity contribution is -0.136. The molecule has 0 bridgehead atoms. The van der Waals surface area contributed by atoms with E-state index in [0.29, 0.717) is 21.4 Å². The van der Waals surface area contributed by atoms with Gasteiger partial charge in [0.15, 0.2) is 5.69 Å². The number of aliphatic carboxylic acids is 1. The van der Waals surface area contributed by atoms with E-state index in [1.54, 1.807) is 22.9 Å². The number of carbonyl (C=O) groups is 2. The smallest absolute Gasteiger partial charge is 0.305 e. The van der Waals surface area contributed by atoms with Crippen molar-refractivity contribution in [3.8, 4) is 5.69 Å². The number of hydrogen-bond donors (Lipinski definition) is 2. The first-order chi connectivity index (χ1) is 11.5. The highest BCUT2D eigenvalue weighted by atomic mass is 35.5. The molecule has 3 rings (SSSR count). The van der Waals surface area contributed by atoms with Gasteiger partial charge in [-0.3, -0.25) is 9.59 Å². The Morgan fingerprint density at radius 2 is 2.08 bits per heavy atom. The number of rotatable bonds is 5. The topological polar surface area (TPSA) is 84.2 Å². The summed E-state index contributed by atoms with van der Waals surface area (Å²) in [4.78, 5) is 22.9. The summed E-state index contributed by atoms with van der Waals surface area (Å²) in [5, 5.41) is 16.7. The predicted octanol–water partition coefficient (Wildman–Crippen LogP) is 2.87. The van der Waals surface area contributed by atoms with Gasteiger partial charge in [0, 0.05) is 22.8 Å².